The molecule has 0 radical (unpaired) electrons. The summed E-state index contributed by atoms with van der Waals surface area (Å²) in [4.78, 5) is 4.52. The van der Waals surface area contributed by atoms with Gasteiger partial charge in [0.15, 0.2) is 0 Å². The van der Waals surface area contributed by atoms with Crippen LogP contribution in [0.5, 0.6) is 5.75 Å². The Kier molecular flexibility index (Phi) is 5.01. The molecule has 1 N–H and O–H groups in total. The van der Waals surface area contributed by atoms with E-state index in [0.717, 1.165) is 27.7 Å². The predicted octanol–water partition coefficient (Wildman–Crippen LogP) is 4.65. The first kappa shape index (κ1) is 15.2. The minimum atomic E-state index is 0.669. The molecular weight excluding hydrogens is 306 g/mol. The number of hydrazone groups is 1. The summed E-state index contributed by atoms with van der Waals surface area (Å²) in [5.41, 5.74) is 6.03. The fourth-order valence-electron chi connectivity index (χ4n) is 2.05. The second-order valence-corrected chi connectivity index (χ2v) is 5.63. The Labute approximate surface area is 139 Å². The zero-order valence-corrected chi connectivity index (χ0v) is 13.6. The van der Waals surface area contributed by atoms with Gasteiger partial charge < -0.3 is 4.74 Å². The van der Waals surface area contributed by atoms with E-state index in [0.29, 0.717) is 6.61 Å². The number of rotatable bonds is 6. The van der Waals surface area contributed by atoms with Crippen molar-refractivity contribution in [3.63, 3.8) is 0 Å². The molecule has 0 atom stereocenters. The van der Waals surface area contributed by atoms with Crippen molar-refractivity contribution in [2.45, 2.75) is 6.92 Å². The average Bonchev–Trinajstić information content (AvgIpc) is 3.06. The van der Waals surface area contributed by atoms with Crippen LogP contribution in [0.15, 0.2) is 65.1 Å². The van der Waals surface area contributed by atoms with Gasteiger partial charge in [0.1, 0.15) is 5.75 Å². The molecule has 0 aliphatic carbocycles. The Balaban J connectivity index is 1.61. The molecule has 1 heterocycles. The number of aromatic nitrogens is 1. The van der Waals surface area contributed by atoms with Crippen LogP contribution in [0.1, 0.15) is 12.5 Å². The van der Waals surface area contributed by atoms with Crippen LogP contribution in [0.25, 0.3) is 11.3 Å². The number of hydrogen-bond donors (Lipinski definition) is 1. The van der Waals surface area contributed by atoms with Gasteiger partial charge in [-0.25, -0.2) is 4.98 Å². The maximum atomic E-state index is 5.41. The summed E-state index contributed by atoms with van der Waals surface area (Å²) < 4.78 is 5.41. The molecule has 0 fully saturated rings. The largest absolute Gasteiger partial charge is 0.494 e. The van der Waals surface area contributed by atoms with E-state index in [1.165, 1.54) is 11.3 Å². The molecule has 2 aromatic carbocycles. The van der Waals surface area contributed by atoms with Gasteiger partial charge in [-0.15, -0.1) is 11.3 Å². The van der Waals surface area contributed by atoms with Crippen LogP contribution in [0.4, 0.5) is 5.13 Å². The van der Waals surface area contributed by atoms with Gasteiger partial charge in [-0.3, -0.25) is 5.43 Å². The standard InChI is InChI=1S/C18H17N3OS/c1-2-22-16-10-8-14(9-11-16)12-19-21-18-20-17(13-23-18)15-6-4-3-5-7-15/h3-13H,2H2,1H3,(H,20,21)/b19-12-. The Bertz CT molecular complexity index is 766. The number of thiazole rings is 1. The molecule has 4 nitrogen and oxygen atoms in total. The van der Waals surface area contributed by atoms with E-state index >= 15 is 0 Å². The summed E-state index contributed by atoms with van der Waals surface area (Å²) in [6, 6.07) is 17.9. The van der Waals surface area contributed by atoms with Gasteiger partial charge in [0, 0.05) is 10.9 Å². The van der Waals surface area contributed by atoms with Crippen molar-refractivity contribution in [2.75, 3.05) is 12.0 Å². The van der Waals surface area contributed by atoms with Crippen LogP contribution in [0, 0.1) is 0 Å². The third-order valence-electron chi connectivity index (χ3n) is 3.14. The molecule has 0 bridgehead atoms. The van der Waals surface area contributed by atoms with Crippen molar-refractivity contribution >= 4 is 22.7 Å². The van der Waals surface area contributed by atoms with Crippen LogP contribution in [-0.2, 0) is 0 Å². The van der Waals surface area contributed by atoms with Gasteiger partial charge >= 0.3 is 0 Å². The van der Waals surface area contributed by atoms with E-state index in [9.17, 15) is 0 Å². The SMILES string of the molecule is CCOc1ccc(/C=N\Nc2nc(-c3ccccc3)cs2)cc1. The summed E-state index contributed by atoms with van der Waals surface area (Å²) in [5.74, 6) is 0.866. The van der Waals surface area contributed by atoms with Crippen molar-refractivity contribution in [2.24, 2.45) is 5.10 Å². The highest BCUT2D eigenvalue weighted by Crippen LogP contribution is 2.24. The van der Waals surface area contributed by atoms with Crippen LogP contribution in [0.2, 0.25) is 0 Å². The number of benzene rings is 2. The molecule has 116 valence electrons. The van der Waals surface area contributed by atoms with Gasteiger partial charge in [-0.1, -0.05) is 30.3 Å². The summed E-state index contributed by atoms with van der Waals surface area (Å²) in [6.07, 6.45) is 1.76. The molecule has 0 spiro atoms. The number of nitrogens with one attached hydrogen (secondary N) is 1. The van der Waals surface area contributed by atoms with E-state index in [-0.39, 0.29) is 0 Å². The number of hydrogen-bond acceptors (Lipinski definition) is 5. The molecule has 1 aromatic heterocycles. The van der Waals surface area contributed by atoms with Crippen LogP contribution in [0.3, 0.4) is 0 Å². The first-order valence-electron chi connectivity index (χ1n) is 7.38. The maximum Gasteiger partial charge on any atom is 0.203 e. The summed E-state index contributed by atoms with van der Waals surface area (Å²) in [7, 11) is 0. The lowest BCUT2D eigenvalue weighted by Gasteiger charge is -2.02. The summed E-state index contributed by atoms with van der Waals surface area (Å²) >= 11 is 1.53. The summed E-state index contributed by atoms with van der Waals surface area (Å²) in [6.45, 7) is 2.64. The quantitative estimate of drug-likeness (QED) is 0.530. The van der Waals surface area contributed by atoms with Crippen molar-refractivity contribution in [3.8, 4) is 17.0 Å². The molecule has 3 aromatic rings. The fourth-order valence-corrected chi connectivity index (χ4v) is 2.71. The second-order valence-electron chi connectivity index (χ2n) is 4.78. The maximum absolute atomic E-state index is 5.41. The highest BCUT2D eigenvalue weighted by Gasteiger charge is 2.02. The Morgan fingerprint density at radius 3 is 2.65 bits per heavy atom. The number of nitrogens with zero attached hydrogens (tertiary/aromatic N) is 2. The topological polar surface area (TPSA) is 46.5 Å². The Hall–Kier alpha value is -2.66. The average molecular weight is 323 g/mol. The molecule has 0 amide bonds. The zero-order valence-electron chi connectivity index (χ0n) is 12.8. The molecule has 23 heavy (non-hydrogen) atoms. The lowest BCUT2D eigenvalue weighted by atomic mass is 10.2. The van der Waals surface area contributed by atoms with Crippen molar-refractivity contribution in [3.05, 3.63) is 65.5 Å². The van der Waals surface area contributed by atoms with Crippen molar-refractivity contribution in [1.82, 2.24) is 4.98 Å². The first-order valence-corrected chi connectivity index (χ1v) is 8.26. The van der Waals surface area contributed by atoms with E-state index in [4.69, 9.17) is 4.74 Å². The zero-order chi connectivity index (χ0) is 15.9. The molecule has 0 aliphatic rings. The number of ether oxygens (including phenoxy) is 1. The van der Waals surface area contributed by atoms with Gasteiger partial charge in [0.2, 0.25) is 5.13 Å². The predicted molar refractivity (Wildman–Crippen MR) is 96.4 cm³/mol. The minimum absolute atomic E-state index is 0.669. The van der Waals surface area contributed by atoms with Gasteiger partial charge in [0.25, 0.3) is 0 Å². The third kappa shape index (κ3) is 4.17. The smallest absolute Gasteiger partial charge is 0.203 e. The Morgan fingerprint density at radius 2 is 1.91 bits per heavy atom. The molecule has 0 saturated heterocycles. The molecule has 5 heteroatoms. The van der Waals surface area contributed by atoms with Gasteiger partial charge in [-0.2, -0.15) is 5.10 Å². The number of anilines is 1. The highest BCUT2D eigenvalue weighted by atomic mass is 32.1. The lowest BCUT2D eigenvalue weighted by molar-refractivity contribution is 0.340. The third-order valence-corrected chi connectivity index (χ3v) is 3.89. The normalized spacial score (nSPS) is 10.8. The molecule has 3 rings (SSSR count). The van der Waals surface area contributed by atoms with Crippen LogP contribution < -0.4 is 10.2 Å². The first-order chi connectivity index (χ1) is 11.3. The van der Waals surface area contributed by atoms with Crippen LogP contribution >= 0.6 is 11.3 Å². The van der Waals surface area contributed by atoms with Gasteiger partial charge in [0.05, 0.1) is 18.5 Å². The Morgan fingerprint density at radius 1 is 1.13 bits per heavy atom. The minimum Gasteiger partial charge on any atom is -0.494 e. The monoisotopic (exact) mass is 323 g/mol. The molecule has 0 unspecified atom stereocenters. The second kappa shape index (κ2) is 7.56. The summed E-state index contributed by atoms with van der Waals surface area (Å²) in [5, 5.41) is 7.01. The van der Waals surface area contributed by atoms with E-state index in [1.54, 1.807) is 6.21 Å². The van der Waals surface area contributed by atoms with E-state index in [2.05, 4.69) is 15.5 Å². The molecule has 0 saturated carbocycles. The molecular formula is C18H17N3OS. The van der Waals surface area contributed by atoms with E-state index in [1.807, 2.05) is 66.9 Å². The lowest BCUT2D eigenvalue weighted by Crippen LogP contribution is -1.92. The molecule has 0 aliphatic heterocycles. The highest BCUT2D eigenvalue weighted by molar-refractivity contribution is 7.14. The fraction of sp³-hybridized carbons (Fsp3) is 0.111. The van der Waals surface area contributed by atoms with Gasteiger partial charge in [-0.05, 0) is 36.8 Å². The van der Waals surface area contributed by atoms with Crippen molar-refractivity contribution in [1.29, 1.82) is 0 Å². The van der Waals surface area contributed by atoms with Crippen LogP contribution in [-0.4, -0.2) is 17.8 Å². The van der Waals surface area contributed by atoms with Crippen molar-refractivity contribution < 1.29 is 4.74 Å². The van der Waals surface area contributed by atoms with E-state index < -0.39 is 0 Å².